The highest BCUT2D eigenvalue weighted by Gasteiger charge is 2.67. The highest BCUT2D eigenvalue weighted by molar-refractivity contribution is 5.71. The smallest absolute Gasteiger partial charge is 0.306 e. The van der Waals surface area contributed by atoms with E-state index in [0.29, 0.717) is 35.5 Å². The predicted molar refractivity (Wildman–Crippen MR) is 133 cm³/mol. The van der Waals surface area contributed by atoms with Gasteiger partial charge in [-0.1, -0.05) is 60.1 Å². The number of hydrogen-bond donors (Lipinski definition) is 2. The molecule has 3 nitrogen and oxygen atoms in total. The minimum Gasteiger partial charge on any atom is -0.481 e. The van der Waals surface area contributed by atoms with Crippen LogP contribution in [-0.4, -0.2) is 22.3 Å². The second kappa shape index (κ2) is 7.34. The van der Waals surface area contributed by atoms with Gasteiger partial charge >= 0.3 is 5.97 Å². The first-order valence-corrected chi connectivity index (χ1v) is 13.9. The second-order valence-electron chi connectivity index (χ2n) is 14.4. The van der Waals surface area contributed by atoms with Crippen molar-refractivity contribution in [2.75, 3.05) is 0 Å². The summed E-state index contributed by atoms with van der Waals surface area (Å²) in [4.78, 5) is 12.2. The first-order valence-electron chi connectivity index (χ1n) is 13.9. The van der Waals surface area contributed by atoms with E-state index in [4.69, 9.17) is 0 Å². The molecule has 5 rings (SSSR count). The molecule has 0 aromatic heterocycles. The van der Waals surface area contributed by atoms with Gasteiger partial charge in [0.15, 0.2) is 0 Å². The summed E-state index contributed by atoms with van der Waals surface area (Å²) >= 11 is 0. The monoisotopic (exact) mass is 456 g/mol. The van der Waals surface area contributed by atoms with Gasteiger partial charge in [-0.3, -0.25) is 4.79 Å². The molecule has 0 amide bonds. The number of carboxylic acid groups (broad SMARTS) is 1. The predicted octanol–water partition coefficient (Wildman–Crippen LogP) is 6.95. The lowest BCUT2D eigenvalue weighted by Gasteiger charge is -2.70. The highest BCUT2D eigenvalue weighted by Crippen LogP contribution is 2.74. The molecular weight excluding hydrogens is 408 g/mol. The van der Waals surface area contributed by atoms with Crippen molar-refractivity contribution < 1.29 is 15.0 Å². The summed E-state index contributed by atoms with van der Waals surface area (Å²) in [6.45, 7) is 17.1. The number of rotatable bonds is 1. The van der Waals surface area contributed by atoms with E-state index < -0.39 is 5.97 Å². The number of aliphatic hydroxyl groups is 1. The quantitative estimate of drug-likeness (QED) is 0.420. The maximum absolute atomic E-state index is 12.2. The van der Waals surface area contributed by atoms with Crippen LogP contribution < -0.4 is 0 Å². The second-order valence-corrected chi connectivity index (χ2v) is 14.4. The Morgan fingerprint density at radius 1 is 0.970 bits per heavy atom. The van der Waals surface area contributed by atoms with Crippen molar-refractivity contribution in [1.29, 1.82) is 0 Å². The summed E-state index contributed by atoms with van der Waals surface area (Å²) in [7, 11) is 0. The molecular formula is C30H48O3. The molecule has 0 saturated heterocycles. The number of allylic oxidation sites excluding steroid dienone is 2. The summed E-state index contributed by atoms with van der Waals surface area (Å²) in [5, 5.41) is 21.0. The Bertz CT molecular complexity index is 859. The minimum atomic E-state index is -0.566. The standard InChI is InChI=1S/C30H48O3/c1-17-16-20(26(32)33)19-10-14-29(6)21(25(19)18(17)2)8-9-23-28(5)13-12-24(31)27(3,4)22(28)11-15-30(23,29)7/h8,17-20,22-25,31H,9-16H2,1-7H3,(H,32,33)/t17-,18+,19-,20-,22+,23-,24+,25-,28+,29-,30-/m1/s1. The lowest BCUT2D eigenvalue weighted by Crippen LogP contribution is -2.64. The fourth-order valence-corrected chi connectivity index (χ4v) is 10.9. The van der Waals surface area contributed by atoms with E-state index in [1.54, 1.807) is 5.57 Å². The van der Waals surface area contributed by atoms with Crippen molar-refractivity contribution in [2.45, 2.75) is 106 Å². The van der Waals surface area contributed by atoms with Crippen molar-refractivity contribution in [3.05, 3.63) is 11.6 Å². The summed E-state index contributed by atoms with van der Waals surface area (Å²) in [5.41, 5.74) is 2.32. The summed E-state index contributed by atoms with van der Waals surface area (Å²) in [5.74, 6) is 2.25. The molecule has 0 aromatic carbocycles. The number of aliphatic hydroxyl groups excluding tert-OH is 1. The van der Waals surface area contributed by atoms with Crippen molar-refractivity contribution in [1.82, 2.24) is 0 Å². The van der Waals surface area contributed by atoms with E-state index in [1.807, 2.05) is 0 Å². The van der Waals surface area contributed by atoms with Crippen LogP contribution in [0.5, 0.6) is 0 Å². The number of carbonyl (C=O) groups is 1. The molecule has 5 aliphatic carbocycles. The maximum Gasteiger partial charge on any atom is 0.306 e. The van der Waals surface area contributed by atoms with Crippen LogP contribution in [0.2, 0.25) is 0 Å². The molecule has 0 aromatic rings. The van der Waals surface area contributed by atoms with E-state index in [9.17, 15) is 15.0 Å². The van der Waals surface area contributed by atoms with Crippen LogP contribution in [0.4, 0.5) is 0 Å². The molecule has 0 spiro atoms. The first-order chi connectivity index (χ1) is 15.3. The minimum absolute atomic E-state index is 0.0150. The van der Waals surface area contributed by atoms with Crippen molar-refractivity contribution >= 4 is 5.97 Å². The molecule has 3 heteroatoms. The molecule has 11 atom stereocenters. The molecule has 5 aliphatic rings. The van der Waals surface area contributed by atoms with Crippen molar-refractivity contribution in [2.24, 2.45) is 63.1 Å². The molecule has 4 fully saturated rings. The zero-order valence-electron chi connectivity index (χ0n) is 22.2. The lowest BCUT2D eigenvalue weighted by atomic mass is 9.34. The van der Waals surface area contributed by atoms with Crippen LogP contribution in [0.3, 0.4) is 0 Å². The van der Waals surface area contributed by atoms with E-state index in [1.165, 1.54) is 12.8 Å². The molecule has 0 heterocycles. The van der Waals surface area contributed by atoms with Gasteiger partial charge < -0.3 is 10.2 Å². The third-order valence-electron chi connectivity index (χ3n) is 13.2. The van der Waals surface area contributed by atoms with Gasteiger partial charge in [-0.15, -0.1) is 0 Å². The van der Waals surface area contributed by atoms with E-state index >= 15 is 0 Å². The van der Waals surface area contributed by atoms with Crippen LogP contribution >= 0.6 is 0 Å². The van der Waals surface area contributed by atoms with Gasteiger partial charge in [0.2, 0.25) is 0 Å². The molecule has 0 bridgehead atoms. The number of aliphatic carboxylic acids is 1. The van der Waals surface area contributed by atoms with Gasteiger partial charge in [-0.2, -0.15) is 0 Å². The largest absolute Gasteiger partial charge is 0.481 e. The number of fused-ring (bicyclic) bond motifs is 7. The van der Waals surface area contributed by atoms with Crippen LogP contribution in [0.25, 0.3) is 0 Å². The van der Waals surface area contributed by atoms with E-state index in [2.05, 4.69) is 54.5 Å². The summed E-state index contributed by atoms with van der Waals surface area (Å²) < 4.78 is 0. The van der Waals surface area contributed by atoms with Crippen LogP contribution in [-0.2, 0) is 4.79 Å². The topological polar surface area (TPSA) is 57.5 Å². The first kappa shape index (κ1) is 23.9. The van der Waals surface area contributed by atoms with Gasteiger partial charge in [-0.05, 0) is 109 Å². The van der Waals surface area contributed by atoms with E-state index in [0.717, 1.165) is 38.5 Å². The molecule has 0 unspecified atom stereocenters. The highest BCUT2D eigenvalue weighted by atomic mass is 16.4. The van der Waals surface area contributed by atoms with Crippen molar-refractivity contribution in [3.8, 4) is 0 Å². The van der Waals surface area contributed by atoms with Gasteiger partial charge in [0, 0.05) is 0 Å². The van der Waals surface area contributed by atoms with Gasteiger partial charge in [0.1, 0.15) is 0 Å². The van der Waals surface area contributed by atoms with E-state index in [-0.39, 0.29) is 33.7 Å². The maximum atomic E-state index is 12.2. The number of hydrogen-bond acceptors (Lipinski definition) is 2. The fourth-order valence-electron chi connectivity index (χ4n) is 10.9. The van der Waals surface area contributed by atoms with Crippen LogP contribution in [0, 0.1) is 63.1 Å². The lowest BCUT2D eigenvalue weighted by molar-refractivity contribution is -0.202. The molecule has 33 heavy (non-hydrogen) atoms. The Kier molecular flexibility index (Phi) is 5.31. The van der Waals surface area contributed by atoms with Gasteiger partial charge in [0.05, 0.1) is 12.0 Å². The third kappa shape index (κ3) is 2.93. The third-order valence-corrected chi connectivity index (χ3v) is 13.2. The summed E-state index contributed by atoms with van der Waals surface area (Å²) in [6.07, 6.45) is 11.2. The zero-order valence-corrected chi connectivity index (χ0v) is 22.2. The fraction of sp³-hybridized carbons (Fsp3) is 0.900. The summed E-state index contributed by atoms with van der Waals surface area (Å²) in [6, 6.07) is 0. The molecule has 0 radical (unpaired) electrons. The SMILES string of the molecule is C[C@@H]1[C@H]2C3=CC[C@@H]4[C@@]5(C)CC[C@H](O)C(C)(C)[C@@H]5CC[C@@]4(C)[C@]3(C)CC[C@@H]2[C@H](C(=O)O)C[C@H]1C. The van der Waals surface area contributed by atoms with Crippen LogP contribution in [0.15, 0.2) is 11.6 Å². The number of carboxylic acids is 1. The molecule has 186 valence electrons. The van der Waals surface area contributed by atoms with Crippen molar-refractivity contribution in [3.63, 3.8) is 0 Å². The average molecular weight is 457 g/mol. The molecule has 0 aliphatic heterocycles. The Morgan fingerprint density at radius 2 is 1.67 bits per heavy atom. The van der Waals surface area contributed by atoms with Gasteiger partial charge in [-0.25, -0.2) is 0 Å². The van der Waals surface area contributed by atoms with Gasteiger partial charge in [0.25, 0.3) is 0 Å². The Balaban J connectivity index is 1.57. The average Bonchev–Trinajstić information content (AvgIpc) is 2.73. The Morgan fingerprint density at radius 3 is 2.33 bits per heavy atom. The molecule has 4 saturated carbocycles. The van der Waals surface area contributed by atoms with Crippen LogP contribution in [0.1, 0.15) is 99.8 Å². The Hall–Kier alpha value is -0.830. The Labute approximate surface area is 201 Å². The zero-order chi connectivity index (χ0) is 24.1. The molecule has 2 N–H and O–H groups in total. The normalized spacial score (nSPS) is 55.3.